The number of phosphoric ester groups is 2. The lowest BCUT2D eigenvalue weighted by molar-refractivity contribution is -0.161. The standard InChI is InChI=1S/C73H142O17P2/c1-7-9-11-13-15-29-37-43-49-55-70(75)83-61-68(89-72(77)57-51-45-39-30-16-14-12-10-8-2)63-87-91(79,80)85-59-67(74)60-86-92(81,82)88-64-69(62-84-71(76)56-50-44-38-33-28-27-32-36-42-48-54-66(5)6)90-73(78)58-52-46-40-34-26-24-22-20-18-17-19-21-23-25-31-35-41-47-53-65(3)4/h65-69,74H,7-64H2,1-6H3,(H,79,80)(H,81,82)/t67-,68+,69+/m0/s1. The monoisotopic (exact) mass is 1350 g/mol. The van der Waals surface area contributed by atoms with Crippen molar-refractivity contribution in [2.24, 2.45) is 11.8 Å². The Morgan fingerprint density at radius 3 is 0.739 bits per heavy atom. The van der Waals surface area contributed by atoms with Crippen LogP contribution in [-0.2, 0) is 65.4 Å². The predicted molar refractivity (Wildman–Crippen MR) is 372 cm³/mol. The van der Waals surface area contributed by atoms with Gasteiger partial charge in [0.2, 0.25) is 0 Å². The van der Waals surface area contributed by atoms with Crippen LogP contribution < -0.4 is 0 Å². The molecule has 5 atom stereocenters. The molecule has 0 aromatic heterocycles. The number of phosphoric acid groups is 2. The summed E-state index contributed by atoms with van der Waals surface area (Å²) in [7, 11) is -9.90. The third-order valence-corrected chi connectivity index (χ3v) is 18.9. The van der Waals surface area contributed by atoms with Gasteiger partial charge in [-0.3, -0.25) is 37.3 Å². The number of esters is 4. The fourth-order valence-electron chi connectivity index (χ4n) is 11.1. The molecule has 0 bridgehead atoms. The molecule has 546 valence electrons. The molecule has 3 N–H and O–H groups in total. The summed E-state index contributed by atoms with van der Waals surface area (Å²) in [4.78, 5) is 72.5. The Balaban J connectivity index is 5.16. The van der Waals surface area contributed by atoms with E-state index in [1.165, 1.54) is 193 Å². The molecule has 0 heterocycles. The molecule has 0 aliphatic heterocycles. The average Bonchev–Trinajstić information content (AvgIpc) is 1.76. The minimum Gasteiger partial charge on any atom is -0.462 e. The molecule has 0 saturated carbocycles. The van der Waals surface area contributed by atoms with Crippen LogP contribution in [0.15, 0.2) is 0 Å². The molecule has 0 aliphatic rings. The highest BCUT2D eigenvalue weighted by Gasteiger charge is 2.30. The molecule has 0 saturated heterocycles. The van der Waals surface area contributed by atoms with Gasteiger partial charge in [0.15, 0.2) is 12.2 Å². The van der Waals surface area contributed by atoms with Gasteiger partial charge in [0, 0.05) is 25.7 Å². The summed E-state index contributed by atoms with van der Waals surface area (Å²) >= 11 is 0. The summed E-state index contributed by atoms with van der Waals surface area (Å²) in [5.74, 6) is -0.544. The Bertz CT molecular complexity index is 1790. The van der Waals surface area contributed by atoms with Crippen molar-refractivity contribution in [1.82, 2.24) is 0 Å². The quantitative estimate of drug-likeness (QED) is 0.0222. The van der Waals surface area contributed by atoms with Gasteiger partial charge in [-0.15, -0.1) is 0 Å². The molecule has 0 spiro atoms. The van der Waals surface area contributed by atoms with Gasteiger partial charge in [-0.1, -0.05) is 324 Å². The highest BCUT2D eigenvalue weighted by molar-refractivity contribution is 7.47. The van der Waals surface area contributed by atoms with Crippen molar-refractivity contribution in [1.29, 1.82) is 0 Å². The zero-order valence-electron chi connectivity index (χ0n) is 59.9. The molecular weight excluding hydrogens is 1210 g/mol. The molecule has 2 unspecified atom stereocenters. The van der Waals surface area contributed by atoms with Crippen LogP contribution >= 0.6 is 15.6 Å². The normalized spacial score (nSPS) is 14.1. The summed E-state index contributed by atoms with van der Waals surface area (Å²) in [6.45, 7) is 9.57. The molecule has 92 heavy (non-hydrogen) atoms. The van der Waals surface area contributed by atoms with Crippen LogP contribution in [0.25, 0.3) is 0 Å². The van der Waals surface area contributed by atoms with Crippen molar-refractivity contribution in [2.45, 2.75) is 394 Å². The summed E-state index contributed by atoms with van der Waals surface area (Å²) in [5, 5.41) is 10.6. The number of carbonyl (C=O) groups excluding carboxylic acids is 4. The van der Waals surface area contributed by atoms with Crippen LogP contribution in [-0.4, -0.2) is 96.7 Å². The maximum absolute atomic E-state index is 13.1. The molecule has 19 heteroatoms. The first-order chi connectivity index (χ1) is 44.4. The molecule has 17 nitrogen and oxygen atoms in total. The highest BCUT2D eigenvalue weighted by Crippen LogP contribution is 2.45. The van der Waals surface area contributed by atoms with Crippen molar-refractivity contribution in [3.63, 3.8) is 0 Å². The zero-order valence-corrected chi connectivity index (χ0v) is 61.6. The maximum atomic E-state index is 13.1. The van der Waals surface area contributed by atoms with E-state index in [1.54, 1.807) is 0 Å². The van der Waals surface area contributed by atoms with Gasteiger partial charge < -0.3 is 33.8 Å². The summed E-state index contributed by atoms with van der Waals surface area (Å²) < 4.78 is 68.3. The first-order valence-corrected chi connectivity index (χ1v) is 41.0. The van der Waals surface area contributed by atoms with Gasteiger partial charge in [0.05, 0.1) is 26.4 Å². The minimum absolute atomic E-state index is 0.106. The number of hydrogen-bond donors (Lipinski definition) is 3. The van der Waals surface area contributed by atoms with Crippen LogP contribution in [0.4, 0.5) is 0 Å². The second kappa shape index (κ2) is 65.0. The van der Waals surface area contributed by atoms with E-state index in [9.17, 15) is 43.2 Å². The number of hydrogen-bond acceptors (Lipinski definition) is 15. The molecule has 0 aromatic rings. The van der Waals surface area contributed by atoms with Crippen LogP contribution in [0.5, 0.6) is 0 Å². The number of aliphatic hydroxyl groups excluding tert-OH is 1. The fraction of sp³-hybridized carbons (Fsp3) is 0.945. The van der Waals surface area contributed by atoms with Crippen molar-refractivity contribution in [3.8, 4) is 0 Å². The zero-order chi connectivity index (χ0) is 67.9. The molecule has 0 aliphatic carbocycles. The third kappa shape index (κ3) is 66.7. The molecule has 0 amide bonds. The van der Waals surface area contributed by atoms with Gasteiger partial charge in [-0.25, -0.2) is 9.13 Å². The predicted octanol–water partition coefficient (Wildman–Crippen LogP) is 21.2. The van der Waals surface area contributed by atoms with Crippen LogP contribution in [0.2, 0.25) is 0 Å². The minimum atomic E-state index is -4.95. The van der Waals surface area contributed by atoms with Crippen molar-refractivity contribution >= 4 is 39.5 Å². The lowest BCUT2D eigenvalue weighted by Gasteiger charge is -2.21. The molecule has 0 radical (unpaired) electrons. The van der Waals surface area contributed by atoms with Gasteiger partial charge in [0.1, 0.15) is 19.3 Å². The van der Waals surface area contributed by atoms with Gasteiger partial charge in [-0.05, 0) is 37.5 Å². The van der Waals surface area contributed by atoms with E-state index in [4.69, 9.17) is 37.0 Å². The van der Waals surface area contributed by atoms with Crippen molar-refractivity contribution < 1.29 is 80.2 Å². The van der Waals surface area contributed by atoms with E-state index in [0.29, 0.717) is 25.7 Å². The van der Waals surface area contributed by atoms with E-state index in [-0.39, 0.29) is 25.7 Å². The number of unbranched alkanes of at least 4 members (excludes halogenated alkanes) is 42. The largest absolute Gasteiger partial charge is 0.472 e. The van der Waals surface area contributed by atoms with Crippen LogP contribution in [0.1, 0.15) is 375 Å². The van der Waals surface area contributed by atoms with E-state index >= 15 is 0 Å². The van der Waals surface area contributed by atoms with Gasteiger partial charge >= 0.3 is 39.5 Å². The fourth-order valence-corrected chi connectivity index (χ4v) is 12.7. The van der Waals surface area contributed by atoms with Crippen LogP contribution in [0.3, 0.4) is 0 Å². The number of rotatable bonds is 72. The van der Waals surface area contributed by atoms with E-state index < -0.39 is 97.5 Å². The van der Waals surface area contributed by atoms with Gasteiger partial charge in [-0.2, -0.15) is 0 Å². The first kappa shape index (κ1) is 90.1. The topological polar surface area (TPSA) is 237 Å². The van der Waals surface area contributed by atoms with E-state index in [0.717, 1.165) is 102 Å². The lowest BCUT2D eigenvalue weighted by atomic mass is 10.0. The summed E-state index contributed by atoms with van der Waals surface area (Å²) in [6.07, 6.45) is 51.5. The van der Waals surface area contributed by atoms with Crippen LogP contribution in [0, 0.1) is 11.8 Å². The first-order valence-electron chi connectivity index (χ1n) is 38.0. The van der Waals surface area contributed by atoms with Crippen molar-refractivity contribution in [3.05, 3.63) is 0 Å². The Labute approximate surface area is 562 Å². The maximum Gasteiger partial charge on any atom is 0.472 e. The Kier molecular flexibility index (Phi) is 63.7. The second-order valence-electron chi connectivity index (χ2n) is 27.3. The van der Waals surface area contributed by atoms with E-state index in [2.05, 4.69) is 41.5 Å². The Hall–Kier alpha value is -1.94. The SMILES string of the molecule is CCCCCCCCCCCC(=O)OC[C@H](COP(=O)(O)OC[C@H](O)COP(=O)(O)OC[C@@H](COC(=O)CCCCCCCCCCCCC(C)C)OC(=O)CCCCCCCCCCCCCCCCCCCCC(C)C)OC(=O)CCCCCCCCCCC. The smallest absolute Gasteiger partial charge is 0.462 e. The average molecular weight is 1350 g/mol. The Morgan fingerprint density at radius 1 is 0.293 bits per heavy atom. The third-order valence-electron chi connectivity index (χ3n) is 17.0. The highest BCUT2D eigenvalue weighted by atomic mass is 31.2. The molecule has 0 aromatic carbocycles. The van der Waals surface area contributed by atoms with Gasteiger partial charge in [0.25, 0.3) is 0 Å². The number of ether oxygens (including phenoxy) is 4. The summed E-state index contributed by atoms with van der Waals surface area (Å²) in [5.41, 5.74) is 0. The summed E-state index contributed by atoms with van der Waals surface area (Å²) in [6, 6.07) is 0. The second-order valence-corrected chi connectivity index (χ2v) is 30.2. The van der Waals surface area contributed by atoms with Crippen molar-refractivity contribution in [2.75, 3.05) is 39.6 Å². The molecule has 0 fully saturated rings. The molecular formula is C73H142O17P2. The number of carbonyl (C=O) groups is 4. The van der Waals surface area contributed by atoms with E-state index in [1.807, 2.05) is 0 Å². The molecule has 0 rings (SSSR count). The number of aliphatic hydroxyl groups is 1. The Morgan fingerprint density at radius 2 is 0.500 bits per heavy atom. The lowest BCUT2D eigenvalue weighted by Crippen LogP contribution is -2.30.